The molecule has 0 bridgehead atoms. The van der Waals surface area contributed by atoms with Gasteiger partial charge >= 0.3 is 5.97 Å². The molecule has 2 aliphatic rings. The fourth-order valence-corrected chi connectivity index (χ4v) is 1.69. The van der Waals surface area contributed by atoms with Crippen molar-refractivity contribution in [2.75, 3.05) is 6.61 Å². The van der Waals surface area contributed by atoms with Crippen molar-refractivity contribution in [2.24, 2.45) is 5.41 Å². The highest BCUT2D eigenvalue weighted by Gasteiger charge is 2.59. The molecule has 2 rings (SSSR count). The van der Waals surface area contributed by atoms with Crippen LogP contribution in [0.2, 0.25) is 0 Å². The van der Waals surface area contributed by atoms with Crippen LogP contribution in [-0.2, 0) is 14.3 Å². The van der Waals surface area contributed by atoms with Gasteiger partial charge in [0.05, 0.1) is 6.61 Å². The van der Waals surface area contributed by atoms with E-state index in [1.54, 1.807) is 13.8 Å². The second-order valence-corrected chi connectivity index (χ2v) is 4.34. The van der Waals surface area contributed by atoms with Crippen LogP contribution in [0, 0.1) is 5.41 Å². The summed E-state index contributed by atoms with van der Waals surface area (Å²) in [7, 11) is 0. The minimum atomic E-state index is -0.827. The third-order valence-electron chi connectivity index (χ3n) is 2.73. The molecule has 1 atom stereocenters. The van der Waals surface area contributed by atoms with Crippen LogP contribution in [0.4, 0.5) is 0 Å². The predicted octanol–water partition coefficient (Wildman–Crippen LogP) is 0.437. The van der Waals surface area contributed by atoms with E-state index in [0.717, 1.165) is 12.8 Å². The molecular formula is C9H14O4. The normalized spacial score (nSPS) is 34.4. The van der Waals surface area contributed by atoms with E-state index in [-0.39, 0.29) is 18.0 Å². The smallest absolute Gasteiger partial charge is 0.338 e. The number of carbonyl (C=O) groups excluding carboxylic acids is 1. The van der Waals surface area contributed by atoms with Gasteiger partial charge in [0.2, 0.25) is 5.79 Å². The third kappa shape index (κ3) is 1.34. The van der Waals surface area contributed by atoms with Crippen molar-refractivity contribution in [3.63, 3.8) is 0 Å². The Morgan fingerprint density at radius 3 is 2.46 bits per heavy atom. The van der Waals surface area contributed by atoms with Gasteiger partial charge in [0.15, 0.2) is 6.10 Å². The number of aliphatic hydroxyl groups is 1. The largest absolute Gasteiger partial charge is 0.432 e. The van der Waals surface area contributed by atoms with E-state index in [9.17, 15) is 4.79 Å². The second kappa shape index (κ2) is 2.45. The number of aliphatic hydroxyl groups excluding tert-OH is 1. The van der Waals surface area contributed by atoms with E-state index < -0.39 is 11.9 Å². The van der Waals surface area contributed by atoms with Crippen molar-refractivity contribution in [3.8, 4) is 0 Å². The van der Waals surface area contributed by atoms with E-state index >= 15 is 0 Å². The van der Waals surface area contributed by atoms with Crippen LogP contribution >= 0.6 is 0 Å². The van der Waals surface area contributed by atoms with Crippen molar-refractivity contribution in [1.29, 1.82) is 0 Å². The summed E-state index contributed by atoms with van der Waals surface area (Å²) >= 11 is 0. The summed E-state index contributed by atoms with van der Waals surface area (Å²) in [5, 5.41) is 9.12. The lowest BCUT2D eigenvalue weighted by Crippen LogP contribution is -2.32. The van der Waals surface area contributed by atoms with Crippen LogP contribution in [0.5, 0.6) is 0 Å². The zero-order valence-corrected chi connectivity index (χ0v) is 7.87. The van der Waals surface area contributed by atoms with Crippen LogP contribution in [0.3, 0.4) is 0 Å². The van der Waals surface area contributed by atoms with Crippen LogP contribution in [0.15, 0.2) is 0 Å². The summed E-state index contributed by atoms with van der Waals surface area (Å²) in [6.07, 6.45) is 1.13. The lowest BCUT2D eigenvalue weighted by Gasteiger charge is -2.19. The maximum atomic E-state index is 11.4. The molecule has 2 fully saturated rings. The monoisotopic (exact) mass is 186 g/mol. The number of carbonyl (C=O) groups is 1. The van der Waals surface area contributed by atoms with Crippen molar-refractivity contribution < 1.29 is 19.4 Å². The van der Waals surface area contributed by atoms with Gasteiger partial charge in [-0.25, -0.2) is 4.79 Å². The van der Waals surface area contributed by atoms with E-state index in [0.29, 0.717) is 0 Å². The summed E-state index contributed by atoms with van der Waals surface area (Å²) in [6.45, 7) is 3.42. The lowest BCUT2D eigenvalue weighted by atomic mass is 10.0. The molecule has 74 valence electrons. The fraction of sp³-hybridized carbons (Fsp3) is 0.889. The van der Waals surface area contributed by atoms with E-state index in [4.69, 9.17) is 14.6 Å². The summed E-state index contributed by atoms with van der Waals surface area (Å²) < 4.78 is 10.5. The second-order valence-electron chi connectivity index (χ2n) is 4.34. The molecule has 0 radical (unpaired) electrons. The van der Waals surface area contributed by atoms with Crippen LogP contribution in [0.1, 0.15) is 26.7 Å². The number of cyclic esters (lactones) is 1. The number of hydrogen-bond donors (Lipinski definition) is 1. The number of esters is 1. The molecule has 1 aliphatic carbocycles. The predicted molar refractivity (Wildman–Crippen MR) is 43.8 cm³/mol. The Balaban J connectivity index is 2.14. The Kier molecular flexibility index (Phi) is 1.69. The molecule has 4 nitrogen and oxygen atoms in total. The van der Waals surface area contributed by atoms with Crippen molar-refractivity contribution in [1.82, 2.24) is 0 Å². The van der Waals surface area contributed by atoms with E-state index in [1.165, 1.54) is 0 Å². The summed E-state index contributed by atoms with van der Waals surface area (Å²) in [5.74, 6) is -1.16. The maximum Gasteiger partial charge on any atom is 0.338 e. The molecule has 0 aromatic rings. The van der Waals surface area contributed by atoms with Gasteiger partial charge in [0.1, 0.15) is 0 Å². The highest BCUT2D eigenvalue weighted by molar-refractivity contribution is 5.78. The standard InChI is InChI=1S/C9H14O4/c1-8(2)12-6(7(11)13-8)9(5-10)3-4-9/h6,10H,3-5H2,1-2H3. The van der Waals surface area contributed by atoms with Gasteiger partial charge < -0.3 is 14.6 Å². The van der Waals surface area contributed by atoms with Gasteiger partial charge in [-0.3, -0.25) is 0 Å². The van der Waals surface area contributed by atoms with Crippen molar-refractivity contribution in [3.05, 3.63) is 0 Å². The van der Waals surface area contributed by atoms with Crippen LogP contribution in [0.25, 0.3) is 0 Å². The number of ether oxygens (including phenoxy) is 2. The van der Waals surface area contributed by atoms with Crippen molar-refractivity contribution >= 4 is 5.97 Å². The molecule has 1 N–H and O–H groups in total. The van der Waals surface area contributed by atoms with Gasteiger partial charge in [-0.05, 0) is 12.8 Å². The number of hydrogen-bond acceptors (Lipinski definition) is 4. The van der Waals surface area contributed by atoms with Gasteiger partial charge in [-0.1, -0.05) is 0 Å². The first-order valence-electron chi connectivity index (χ1n) is 4.51. The Morgan fingerprint density at radius 1 is 1.54 bits per heavy atom. The third-order valence-corrected chi connectivity index (χ3v) is 2.73. The fourth-order valence-electron chi connectivity index (χ4n) is 1.69. The Hall–Kier alpha value is -0.610. The highest BCUT2D eigenvalue weighted by atomic mass is 16.8. The Labute approximate surface area is 76.8 Å². The minimum absolute atomic E-state index is 0.00282. The van der Waals surface area contributed by atoms with Gasteiger partial charge in [-0.15, -0.1) is 0 Å². The summed E-state index contributed by atoms with van der Waals surface area (Å²) in [4.78, 5) is 11.4. The van der Waals surface area contributed by atoms with Crippen molar-refractivity contribution in [2.45, 2.75) is 38.6 Å². The zero-order chi connectivity index (χ0) is 9.69. The molecule has 1 unspecified atom stereocenters. The summed E-state index contributed by atoms with van der Waals surface area (Å²) in [5.41, 5.74) is -0.342. The molecule has 1 saturated heterocycles. The molecule has 0 aromatic heterocycles. The minimum Gasteiger partial charge on any atom is -0.432 e. The quantitative estimate of drug-likeness (QED) is 0.636. The van der Waals surface area contributed by atoms with Gasteiger partial charge in [0, 0.05) is 19.3 Å². The molecule has 4 heteroatoms. The van der Waals surface area contributed by atoms with Gasteiger partial charge in [0.25, 0.3) is 0 Å². The first-order chi connectivity index (χ1) is 5.99. The van der Waals surface area contributed by atoms with Crippen LogP contribution in [-0.4, -0.2) is 29.6 Å². The summed E-state index contributed by atoms with van der Waals surface area (Å²) in [6, 6.07) is 0. The SMILES string of the molecule is CC1(C)OC(=O)C(C2(CO)CC2)O1. The molecule has 1 heterocycles. The Bertz CT molecular complexity index is 242. The molecule has 0 amide bonds. The highest BCUT2D eigenvalue weighted by Crippen LogP contribution is 2.52. The lowest BCUT2D eigenvalue weighted by molar-refractivity contribution is -0.162. The molecule has 0 aromatic carbocycles. The molecule has 1 saturated carbocycles. The topological polar surface area (TPSA) is 55.8 Å². The van der Waals surface area contributed by atoms with Crippen LogP contribution < -0.4 is 0 Å². The zero-order valence-electron chi connectivity index (χ0n) is 7.87. The molecule has 13 heavy (non-hydrogen) atoms. The molecular weight excluding hydrogens is 172 g/mol. The van der Waals surface area contributed by atoms with E-state index in [2.05, 4.69) is 0 Å². The molecule has 1 aliphatic heterocycles. The first-order valence-corrected chi connectivity index (χ1v) is 4.51. The number of rotatable bonds is 2. The Morgan fingerprint density at radius 2 is 2.15 bits per heavy atom. The average molecular weight is 186 g/mol. The molecule has 0 spiro atoms. The van der Waals surface area contributed by atoms with Gasteiger partial charge in [-0.2, -0.15) is 0 Å². The maximum absolute atomic E-state index is 11.4. The average Bonchev–Trinajstić information content (AvgIpc) is 2.75. The first kappa shape index (κ1) is 8.97. The van der Waals surface area contributed by atoms with E-state index in [1.807, 2.05) is 0 Å².